The van der Waals surface area contributed by atoms with Gasteiger partial charge in [0.1, 0.15) is 6.10 Å². The minimum Gasteiger partial charge on any atom is -0.395 e. The Balaban J connectivity index is 0.00000161. The Morgan fingerprint density at radius 2 is 2.10 bits per heavy atom. The Labute approximate surface area is 125 Å². The molecule has 0 aliphatic carbocycles. The van der Waals surface area contributed by atoms with Crippen molar-refractivity contribution in [1.29, 1.82) is 0 Å². The maximum Gasteiger partial charge on any atom is 0.586 e. The molecule has 0 saturated carbocycles. The van der Waals surface area contributed by atoms with Crippen molar-refractivity contribution in [3.63, 3.8) is 0 Å². The molecular weight excluding hydrogens is 310 g/mol. The van der Waals surface area contributed by atoms with E-state index in [0.29, 0.717) is 25.4 Å². The highest BCUT2D eigenvalue weighted by molar-refractivity contribution is 5.94. The summed E-state index contributed by atoms with van der Waals surface area (Å²) in [7, 11) is 0. The first-order valence-electron chi connectivity index (χ1n) is 6.07. The lowest BCUT2D eigenvalue weighted by Gasteiger charge is -2.22. The van der Waals surface area contributed by atoms with Gasteiger partial charge >= 0.3 is 6.29 Å². The molecule has 1 unspecified atom stereocenters. The second-order valence-electron chi connectivity index (χ2n) is 4.38. The third-order valence-electron chi connectivity index (χ3n) is 2.89. The third-order valence-corrected chi connectivity index (χ3v) is 2.89. The first kappa shape index (κ1) is 15.7. The summed E-state index contributed by atoms with van der Waals surface area (Å²) >= 11 is 0. The molecule has 0 spiro atoms. The zero-order valence-corrected chi connectivity index (χ0v) is 11.5. The van der Waals surface area contributed by atoms with Crippen molar-refractivity contribution in [2.75, 3.05) is 25.0 Å². The minimum absolute atomic E-state index is 0. The van der Waals surface area contributed by atoms with E-state index in [0.717, 1.165) is 0 Å². The molecule has 1 aromatic carbocycles. The van der Waals surface area contributed by atoms with E-state index in [4.69, 9.17) is 4.74 Å². The summed E-state index contributed by atoms with van der Waals surface area (Å²) in [6.07, 6.45) is -4.27. The molecule has 2 aliphatic heterocycles. The molecule has 2 heterocycles. The van der Waals surface area contributed by atoms with Gasteiger partial charge in [0.2, 0.25) is 0 Å². The van der Waals surface area contributed by atoms with Crippen molar-refractivity contribution >= 4 is 24.0 Å². The van der Waals surface area contributed by atoms with Gasteiger partial charge in [-0.3, -0.25) is 4.79 Å². The number of nitrogens with one attached hydrogen (secondary N) is 2. The van der Waals surface area contributed by atoms with Crippen LogP contribution in [0.1, 0.15) is 0 Å². The zero-order valence-electron chi connectivity index (χ0n) is 10.7. The second-order valence-corrected chi connectivity index (χ2v) is 4.38. The average Bonchev–Trinajstić information content (AvgIpc) is 2.73. The molecule has 0 aromatic heterocycles. The van der Waals surface area contributed by atoms with Crippen LogP contribution >= 0.6 is 12.4 Å². The van der Waals surface area contributed by atoms with Crippen LogP contribution < -0.4 is 20.1 Å². The largest absolute Gasteiger partial charge is 0.586 e. The van der Waals surface area contributed by atoms with Crippen LogP contribution in [0.3, 0.4) is 0 Å². The molecule has 6 nitrogen and oxygen atoms in total. The number of alkyl halides is 2. The van der Waals surface area contributed by atoms with Gasteiger partial charge in [-0.15, -0.1) is 21.2 Å². The second kappa shape index (κ2) is 6.00. The lowest BCUT2D eigenvalue weighted by Crippen LogP contribution is -2.45. The Morgan fingerprint density at radius 1 is 1.33 bits per heavy atom. The summed E-state index contributed by atoms with van der Waals surface area (Å²) in [5, 5.41) is 5.61. The predicted octanol–water partition coefficient (Wildman–Crippen LogP) is 1.36. The Hall–Kier alpha value is -1.64. The minimum atomic E-state index is -3.67. The van der Waals surface area contributed by atoms with Crippen molar-refractivity contribution in [2.24, 2.45) is 0 Å². The van der Waals surface area contributed by atoms with E-state index < -0.39 is 12.4 Å². The summed E-state index contributed by atoms with van der Waals surface area (Å²) in [5.41, 5.74) is 0.337. The van der Waals surface area contributed by atoms with E-state index in [9.17, 15) is 13.6 Å². The molecule has 0 bridgehead atoms. The predicted molar refractivity (Wildman–Crippen MR) is 71.1 cm³/mol. The monoisotopic (exact) mass is 322 g/mol. The highest BCUT2D eigenvalue weighted by Crippen LogP contribution is 2.42. The topological polar surface area (TPSA) is 68.8 Å². The van der Waals surface area contributed by atoms with Gasteiger partial charge in [0.25, 0.3) is 5.91 Å². The molecule has 1 amide bonds. The van der Waals surface area contributed by atoms with Crippen LogP contribution in [0.25, 0.3) is 0 Å². The van der Waals surface area contributed by atoms with E-state index in [1.807, 2.05) is 0 Å². The van der Waals surface area contributed by atoms with Gasteiger partial charge < -0.3 is 24.8 Å². The average molecular weight is 323 g/mol. The molecule has 9 heteroatoms. The molecule has 21 heavy (non-hydrogen) atoms. The number of amides is 1. The van der Waals surface area contributed by atoms with Crippen molar-refractivity contribution in [2.45, 2.75) is 12.4 Å². The van der Waals surface area contributed by atoms with Crippen LogP contribution in [0.2, 0.25) is 0 Å². The fourth-order valence-electron chi connectivity index (χ4n) is 1.98. The molecule has 0 radical (unpaired) electrons. The van der Waals surface area contributed by atoms with E-state index in [1.165, 1.54) is 18.2 Å². The standard InChI is InChI=1S/C12H12F2N2O4.ClH/c13-12(14)19-8-2-1-7(5-9(8)20-12)16-11(17)10-6-15-3-4-18-10;/h1-2,5,10,15H,3-4,6H2,(H,16,17);1H. The van der Waals surface area contributed by atoms with Crippen LogP contribution in [0.4, 0.5) is 14.5 Å². The Morgan fingerprint density at radius 3 is 2.81 bits per heavy atom. The molecule has 2 aliphatic rings. The fourth-order valence-corrected chi connectivity index (χ4v) is 1.98. The summed E-state index contributed by atoms with van der Waals surface area (Å²) in [6.45, 7) is 1.56. The number of carbonyl (C=O) groups excluding carboxylic acids is 1. The first-order valence-corrected chi connectivity index (χ1v) is 6.07. The number of benzene rings is 1. The molecule has 3 rings (SSSR count). The third kappa shape index (κ3) is 3.52. The van der Waals surface area contributed by atoms with E-state index in [2.05, 4.69) is 20.1 Å². The molecule has 2 N–H and O–H groups in total. The molecule has 1 atom stereocenters. The first-order chi connectivity index (χ1) is 9.53. The van der Waals surface area contributed by atoms with Crippen molar-refractivity contribution in [1.82, 2.24) is 5.32 Å². The van der Waals surface area contributed by atoms with E-state index >= 15 is 0 Å². The van der Waals surface area contributed by atoms with Crippen LogP contribution in [0.15, 0.2) is 18.2 Å². The number of fused-ring (bicyclic) bond motifs is 1. The highest BCUT2D eigenvalue weighted by atomic mass is 35.5. The number of carbonyl (C=O) groups is 1. The normalized spacial score (nSPS) is 22.3. The zero-order chi connectivity index (χ0) is 14.2. The lowest BCUT2D eigenvalue weighted by molar-refractivity contribution is -0.286. The van der Waals surface area contributed by atoms with E-state index in [1.54, 1.807) is 0 Å². The van der Waals surface area contributed by atoms with Gasteiger partial charge in [-0.25, -0.2) is 0 Å². The molecule has 1 fully saturated rings. The van der Waals surface area contributed by atoms with Gasteiger partial charge in [-0.2, -0.15) is 0 Å². The van der Waals surface area contributed by atoms with Crippen molar-refractivity contribution in [3.8, 4) is 11.5 Å². The number of hydrogen-bond acceptors (Lipinski definition) is 5. The maximum absolute atomic E-state index is 12.9. The molecule has 1 aromatic rings. The van der Waals surface area contributed by atoms with Gasteiger partial charge in [-0.1, -0.05) is 0 Å². The van der Waals surface area contributed by atoms with Crippen LogP contribution in [-0.4, -0.2) is 38.0 Å². The molecular formula is C12H13ClF2N2O4. The maximum atomic E-state index is 12.9. The quantitative estimate of drug-likeness (QED) is 0.860. The number of anilines is 1. The highest BCUT2D eigenvalue weighted by Gasteiger charge is 2.43. The summed E-state index contributed by atoms with van der Waals surface area (Å²) < 4.78 is 39.6. The van der Waals surface area contributed by atoms with Gasteiger partial charge in [0.15, 0.2) is 11.5 Å². The lowest BCUT2D eigenvalue weighted by atomic mass is 10.2. The number of hydrogen-bond donors (Lipinski definition) is 2. The van der Waals surface area contributed by atoms with Gasteiger partial charge in [0, 0.05) is 24.8 Å². The molecule has 1 saturated heterocycles. The van der Waals surface area contributed by atoms with Crippen molar-refractivity contribution in [3.05, 3.63) is 18.2 Å². The number of ether oxygens (including phenoxy) is 3. The Bertz CT molecular complexity index is 538. The van der Waals surface area contributed by atoms with Gasteiger partial charge in [-0.05, 0) is 12.1 Å². The smallest absolute Gasteiger partial charge is 0.395 e. The number of rotatable bonds is 2. The van der Waals surface area contributed by atoms with Crippen molar-refractivity contribution < 1.29 is 27.8 Å². The number of morpholine rings is 1. The van der Waals surface area contributed by atoms with Crippen LogP contribution in [-0.2, 0) is 9.53 Å². The van der Waals surface area contributed by atoms with Crippen LogP contribution in [0.5, 0.6) is 11.5 Å². The van der Waals surface area contributed by atoms with E-state index in [-0.39, 0.29) is 29.8 Å². The number of halogens is 3. The summed E-state index contributed by atoms with van der Waals surface area (Å²) in [6, 6.07) is 4.05. The van der Waals surface area contributed by atoms with Gasteiger partial charge in [0.05, 0.1) is 6.61 Å². The SMILES string of the molecule is Cl.O=C(Nc1ccc2c(c1)OC(F)(F)O2)C1CNCCO1. The van der Waals surface area contributed by atoms with Crippen LogP contribution in [0, 0.1) is 0 Å². The fraction of sp³-hybridized carbons (Fsp3) is 0.417. The summed E-state index contributed by atoms with van der Waals surface area (Å²) in [5.74, 6) is -0.526. The molecule has 116 valence electrons. The summed E-state index contributed by atoms with van der Waals surface area (Å²) in [4.78, 5) is 11.9. The Kier molecular flexibility index (Phi) is 4.50.